The Hall–Kier alpha value is -2.47. The Morgan fingerprint density at radius 3 is 3.10 bits per heavy atom. The Balaban J connectivity index is 1.85. The first kappa shape index (κ1) is 13.5. The molecule has 1 aromatic carbocycles. The van der Waals surface area contributed by atoms with Crippen LogP contribution in [-0.4, -0.2) is 22.4 Å². The number of aromatic nitrogens is 2. The summed E-state index contributed by atoms with van der Waals surface area (Å²) in [6, 6.07) is 7.39. The van der Waals surface area contributed by atoms with Gasteiger partial charge in [-0.3, -0.25) is 9.78 Å². The highest BCUT2D eigenvalue weighted by Gasteiger charge is 2.11. The van der Waals surface area contributed by atoms with Crippen LogP contribution < -0.4 is 10.6 Å². The van der Waals surface area contributed by atoms with Gasteiger partial charge in [-0.25, -0.2) is 4.98 Å². The summed E-state index contributed by atoms with van der Waals surface area (Å²) in [7, 11) is 0. The molecule has 0 aliphatic heterocycles. The monoisotopic (exact) mass is 298 g/mol. The van der Waals surface area contributed by atoms with E-state index in [4.69, 9.17) is 0 Å². The standard InChI is InChI=1S/C15H14N4OS/c1-2-17-13-8-16-6-5-11(13)15(20)19-10-3-4-12-14(7-10)21-9-18-12/h3-9,17H,2H2,1H3,(H,19,20). The lowest BCUT2D eigenvalue weighted by molar-refractivity contribution is 0.102. The van der Waals surface area contributed by atoms with Crippen LogP contribution in [0.4, 0.5) is 11.4 Å². The van der Waals surface area contributed by atoms with Crippen LogP contribution in [-0.2, 0) is 0 Å². The van der Waals surface area contributed by atoms with Crippen LogP contribution in [0.25, 0.3) is 10.2 Å². The molecule has 3 aromatic rings. The highest BCUT2D eigenvalue weighted by molar-refractivity contribution is 7.16. The van der Waals surface area contributed by atoms with Gasteiger partial charge in [-0.1, -0.05) is 0 Å². The van der Waals surface area contributed by atoms with Gasteiger partial charge in [-0.15, -0.1) is 11.3 Å². The quantitative estimate of drug-likeness (QED) is 0.775. The van der Waals surface area contributed by atoms with Gasteiger partial charge in [0.2, 0.25) is 0 Å². The number of benzene rings is 1. The Morgan fingerprint density at radius 2 is 2.24 bits per heavy atom. The van der Waals surface area contributed by atoms with Gasteiger partial charge >= 0.3 is 0 Å². The zero-order valence-corrected chi connectivity index (χ0v) is 12.3. The third-order valence-corrected chi connectivity index (χ3v) is 3.81. The Bertz CT molecular complexity index is 784. The normalized spacial score (nSPS) is 10.5. The number of carbonyl (C=O) groups is 1. The van der Waals surface area contributed by atoms with Crippen molar-refractivity contribution in [3.05, 3.63) is 47.7 Å². The molecule has 21 heavy (non-hydrogen) atoms. The average molecular weight is 298 g/mol. The predicted octanol–water partition coefficient (Wildman–Crippen LogP) is 3.38. The van der Waals surface area contributed by atoms with E-state index in [2.05, 4.69) is 20.6 Å². The van der Waals surface area contributed by atoms with Crippen molar-refractivity contribution in [2.24, 2.45) is 0 Å². The third kappa shape index (κ3) is 2.85. The SMILES string of the molecule is CCNc1cnccc1C(=O)Nc1ccc2ncsc2c1. The molecule has 0 bridgehead atoms. The van der Waals surface area contributed by atoms with Crippen LogP contribution in [0.15, 0.2) is 42.2 Å². The van der Waals surface area contributed by atoms with Crippen molar-refractivity contribution in [1.29, 1.82) is 0 Å². The van der Waals surface area contributed by atoms with Crippen LogP contribution in [0.5, 0.6) is 0 Å². The maximum absolute atomic E-state index is 12.4. The van der Waals surface area contributed by atoms with Crippen LogP contribution in [0.3, 0.4) is 0 Å². The molecule has 0 saturated heterocycles. The number of amides is 1. The molecule has 0 aliphatic rings. The van der Waals surface area contributed by atoms with E-state index in [0.29, 0.717) is 5.56 Å². The first-order chi connectivity index (χ1) is 10.3. The molecule has 6 heteroatoms. The number of fused-ring (bicyclic) bond motifs is 1. The van der Waals surface area contributed by atoms with Crippen LogP contribution in [0, 0.1) is 0 Å². The number of anilines is 2. The molecule has 106 valence electrons. The molecule has 0 radical (unpaired) electrons. The maximum Gasteiger partial charge on any atom is 0.257 e. The fourth-order valence-corrected chi connectivity index (χ4v) is 2.77. The van der Waals surface area contributed by atoms with Crippen molar-refractivity contribution in [2.75, 3.05) is 17.2 Å². The zero-order valence-electron chi connectivity index (χ0n) is 11.5. The first-order valence-electron chi connectivity index (χ1n) is 6.60. The lowest BCUT2D eigenvalue weighted by Crippen LogP contribution is -2.15. The van der Waals surface area contributed by atoms with Gasteiger partial charge in [0, 0.05) is 18.4 Å². The molecule has 0 saturated carbocycles. The van der Waals surface area contributed by atoms with E-state index in [-0.39, 0.29) is 5.91 Å². The second-order valence-corrected chi connectivity index (χ2v) is 5.33. The van der Waals surface area contributed by atoms with E-state index in [1.807, 2.05) is 25.1 Å². The van der Waals surface area contributed by atoms with Gasteiger partial charge in [0.15, 0.2) is 0 Å². The van der Waals surface area contributed by atoms with Gasteiger partial charge in [0.05, 0.1) is 33.2 Å². The van der Waals surface area contributed by atoms with E-state index < -0.39 is 0 Å². The highest BCUT2D eigenvalue weighted by Crippen LogP contribution is 2.23. The van der Waals surface area contributed by atoms with Crippen molar-refractivity contribution in [2.45, 2.75) is 6.92 Å². The summed E-state index contributed by atoms with van der Waals surface area (Å²) in [6.45, 7) is 2.71. The molecule has 0 fully saturated rings. The number of nitrogens with zero attached hydrogens (tertiary/aromatic N) is 2. The summed E-state index contributed by atoms with van der Waals surface area (Å²) >= 11 is 1.55. The minimum atomic E-state index is -0.155. The first-order valence-corrected chi connectivity index (χ1v) is 7.48. The number of carbonyl (C=O) groups excluding carboxylic acids is 1. The van der Waals surface area contributed by atoms with Gasteiger partial charge in [-0.2, -0.15) is 0 Å². The number of pyridine rings is 1. The summed E-state index contributed by atoms with van der Waals surface area (Å²) in [4.78, 5) is 20.7. The van der Waals surface area contributed by atoms with Crippen LogP contribution >= 0.6 is 11.3 Å². The molecule has 2 aromatic heterocycles. The topological polar surface area (TPSA) is 66.9 Å². The molecule has 2 N–H and O–H groups in total. The number of rotatable bonds is 4. The summed E-state index contributed by atoms with van der Waals surface area (Å²) < 4.78 is 1.05. The number of hydrogen-bond acceptors (Lipinski definition) is 5. The van der Waals surface area contributed by atoms with Crippen molar-refractivity contribution < 1.29 is 4.79 Å². The number of thiazole rings is 1. The van der Waals surface area contributed by atoms with Crippen molar-refractivity contribution in [3.63, 3.8) is 0 Å². The summed E-state index contributed by atoms with van der Waals surface area (Å²) in [6.07, 6.45) is 3.27. The number of nitrogens with one attached hydrogen (secondary N) is 2. The molecular formula is C15H14N4OS. The molecule has 5 nitrogen and oxygen atoms in total. The van der Waals surface area contributed by atoms with Gasteiger partial charge in [-0.05, 0) is 31.2 Å². The van der Waals surface area contributed by atoms with E-state index in [1.54, 1.807) is 35.3 Å². The molecule has 2 heterocycles. The molecule has 0 unspecified atom stereocenters. The van der Waals surface area contributed by atoms with Gasteiger partial charge in [0.1, 0.15) is 0 Å². The van der Waals surface area contributed by atoms with E-state index in [9.17, 15) is 4.79 Å². The van der Waals surface area contributed by atoms with Gasteiger partial charge in [0.25, 0.3) is 5.91 Å². The molecule has 1 amide bonds. The fraction of sp³-hybridized carbons (Fsp3) is 0.133. The minimum absolute atomic E-state index is 0.155. The van der Waals surface area contributed by atoms with E-state index in [0.717, 1.165) is 28.1 Å². The lowest BCUT2D eigenvalue weighted by atomic mass is 10.2. The minimum Gasteiger partial charge on any atom is -0.383 e. The predicted molar refractivity (Wildman–Crippen MR) is 86.0 cm³/mol. The third-order valence-electron chi connectivity index (χ3n) is 3.02. The molecule has 3 rings (SSSR count). The smallest absolute Gasteiger partial charge is 0.257 e. The van der Waals surface area contributed by atoms with Crippen molar-refractivity contribution >= 4 is 38.8 Å². The molecule has 0 aliphatic carbocycles. The van der Waals surface area contributed by atoms with E-state index in [1.165, 1.54) is 0 Å². The largest absolute Gasteiger partial charge is 0.383 e. The number of hydrogen-bond donors (Lipinski definition) is 2. The molecular weight excluding hydrogens is 284 g/mol. The average Bonchev–Trinajstić information content (AvgIpc) is 2.95. The van der Waals surface area contributed by atoms with Crippen molar-refractivity contribution in [1.82, 2.24) is 9.97 Å². The summed E-state index contributed by atoms with van der Waals surface area (Å²) in [5, 5.41) is 6.05. The van der Waals surface area contributed by atoms with E-state index >= 15 is 0 Å². The lowest BCUT2D eigenvalue weighted by Gasteiger charge is -2.10. The van der Waals surface area contributed by atoms with Crippen molar-refractivity contribution in [3.8, 4) is 0 Å². The van der Waals surface area contributed by atoms with Crippen LogP contribution in [0.2, 0.25) is 0 Å². The molecule has 0 atom stereocenters. The molecule has 0 spiro atoms. The Kier molecular flexibility index (Phi) is 3.79. The fourth-order valence-electron chi connectivity index (χ4n) is 2.06. The maximum atomic E-state index is 12.4. The van der Waals surface area contributed by atoms with Crippen LogP contribution in [0.1, 0.15) is 17.3 Å². The Morgan fingerprint density at radius 1 is 1.33 bits per heavy atom. The Labute approximate surface area is 126 Å². The summed E-state index contributed by atoms with van der Waals surface area (Å²) in [5.41, 5.74) is 4.81. The zero-order chi connectivity index (χ0) is 14.7. The summed E-state index contributed by atoms with van der Waals surface area (Å²) in [5.74, 6) is -0.155. The van der Waals surface area contributed by atoms with Gasteiger partial charge < -0.3 is 10.6 Å². The second kappa shape index (κ2) is 5.88. The highest BCUT2D eigenvalue weighted by atomic mass is 32.1. The second-order valence-electron chi connectivity index (χ2n) is 4.44.